The number of amides is 2. The number of nitrogens with zero attached hydrogens (tertiary/aromatic N) is 4. The van der Waals surface area contributed by atoms with E-state index in [1.165, 1.54) is 4.90 Å². The van der Waals surface area contributed by atoms with E-state index in [2.05, 4.69) is 10.4 Å². The number of fused-ring (bicyclic) bond motifs is 1. The van der Waals surface area contributed by atoms with E-state index in [0.717, 1.165) is 4.68 Å². The third-order valence-corrected chi connectivity index (χ3v) is 6.93. The third kappa shape index (κ3) is 4.53. The van der Waals surface area contributed by atoms with E-state index in [4.69, 9.17) is 11.6 Å². The molecule has 2 atom stereocenters. The Morgan fingerprint density at radius 1 is 0.889 bits per heavy atom. The number of nitrogens with one attached hydrogen (secondary N) is 1. The number of hydrogen-bond donors (Lipinski definition) is 1. The van der Waals surface area contributed by atoms with E-state index >= 15 is 0 Å². The number of alkyl halides is 3. The molecule has 2 amide bonds. The maximum absolute atomic E-state index is 14.0. The van der Waals surface area contributed by atoms with Gasteiger partial charge in [-0.3, -0.25) is 9.59 Å². The van der Waals surface area contributed by atoms with Crippen molar-refractivity contribution in [3.8, 4) is 0 Å². The molecule has 2 aliphatic rings. The minimum atomic E-state index is -4.58. The summed E-state index contributed by atoms with van der Waals surface area (Å²) in [6.45, 7) is 1.03. The summed E-state index contributed by atoms with van der Waals surface area (Å²) in [6, 6.07) is 15.0. The van der Waals surface area contributed by atoms with E-state index in [1.807, 2.05) is 6.07 Å². The average Bonchev–Trinajstić information content (AvgIpc) is 3.24. The maximum atomic E-state index is 14.0. The second kappa shape index (κ2) is 9.50. The molecule has 0 spiro atoms. The molecule has 2 aromatic carbocycles. The van der Waals surface area contributed by atoms with Gasteiger partial charge in [0.15, 0.2) is 11.7 Å². The molecular formula is C25H23ClF3N5O2. The number of anilines is 1. The topological polar surface area (TPSA) is 70.5 Å². The van der Waals surface area contributed by atoms with Crippen LogP contribution in [0.2, 0.25) is 5.02 Å². The first-order valence-corrected chi connectivity index (χ1v) is 11.9. The summed E-state index contributed by atoms with van der Waals surface area (Å²) in [4.78, 5) is 29.0. The summed E-state index contributed by atoms with van der Waals surface area (Å²) in [5, 5.41) is 6.94. The number of aromatic nitrogens is 2. The number of halogens is 4. The van der Waals surface area contributed by atoms with Gasteiger partial charge in [-0.15, -0.1) is 0 Å². The van der Waals surface area contributed by atoms with Gasteiger partial charge in [-0.1, -0.05) is 60.1 Å². The van der Waals surface area contributed by atoms with Gasteiger partial charge in [0.2, 0.25) is 0 Å². The van der Waals surface area contributed by atoms with Crippen molar-refractivity contribution in [3.05, 3.63) is 82.5 Å². The Balaban J connectivity index is 1.36. The minimum absolute atomic E-state index is 0.0275. The van der Waals surface area contributed by atoms with Gasteiger partial charge in [-0.05, 0) is 17.7 Å². The number of benzene rings is 2. The largest absolute Gasteiger partial charge is 0.410 e. The molecule has 0 radical (unpaired) electrons. The lowest BCUT2D eigenvalue weighted by atomic mass is 9.97. The van der Waals surface area contributed by atoms with Crippen molar-refractivity contribution in [2.75, 3.05) is 31.5 Å². The lowest BCUT2D eigenvalue weighted by Gasteiger charge is -2.34. The molecule has 0 aliphatic carbocycles. The van der Waals surface area contributed by atoms with Gasteiger partial charge in [0.1, 0.15) is 10.8 Å². The molecule has 2 aliphatic heterocycles. The Bertz CT molecular complexity index is 1260. The molecule has 1 saturated heterocycles. The highest BCUT2D eigenvalue weighted by Crippen LogP contribution is 2.46. The summed E-state index contributed by atoms with van der Waals surface area (Å²) in [5.74, 6) is -0.726. The SMILES string of the molecule is O=C(c1ccccc1)N1CCN(C(=O)c2nn3c(c2Cl)NC(c2ccccc2)CC3C(F)(F)F)CC1. The number of rotatable bonds is 3. The fourth-order valence-electron chi connectivity index (χ4n) is 4.66. The van der Waals surface area contributed by atoms with Crippen LogP contribution in [0.3, 0.4) is 0 Å². The molecule has 0 bridgehead atoms. The normalized spacial score (nSPS) is 20.0. The van der Waals surface area contributed by atoms with E-state index in [-0.39, 0.29) is 42.0 Å². The fraction of sp³-hybridized carbons (Fsp3) is 0.320. The lowest BCUT2D eigenvalue weighted by molar-refractivity contribution is -0.173. The van der Waals surface area contributed by atoms with Gasteiger partial charge in [-0.25, -0.2) is 4.68 Å². The van der Waals surface area contributed by atoms with Crippen molar-refractivity contribution in [1.82, 2.24) is 19.6 Å². The molecule has 188 valence electrons. The van der Waals surface area contributed by atoms with E-state index < -0.39 is 24.2 Å². The Kier molecular flexibility index (Phi) is 6.38. The summed E-state index contributed by atoms with van der Waals surface area (Å²) < 4.78 is 42.8. The lowest BCUT2D eigenvalue weighted by Crippen LogP contribution is -2.50. The zero-order chi connectivity index (χ0) is 25.4. The zero-order valence-electron chi connectivity index (χ0n) is 19.1. The summed E-state index contributed by atoms with van der Waals surface area (Å²) >= 11 is 6.46. The standard InChI is InChI=1S/C25H23ClF3N5O2/c26-20-21(24(36)33-13-11-32(12-14-33)23(35)17-9-5-2-6-10-17)31-34-19(25(27,28)29)15-18(30-22(20)34)16-7-3-1-4-8-16/h1-10,18-19,30H,11-15H2. The molecule has 7 nitrogen and oxygen atoms in total. The molecule has 5 rings (SSSR count). The average molecular weight is 518 g/mol. The van der Waals surface area contributed by atoms with Crippen molar-refractivity contribution in [3.63, 3.8) is 0 Å². The van der Waals surface area contributed by atoms with Crippen molar-refractivity contribution >= 4 is 29.2 Å². The number of piperazine rings is 1. The highest BCUT2D eigenvalue weighted by molar-refractivity contribution is 6.36. The van der Waals surface area contributed by atoms with Crippen LogP contribution in [0.25, 0.3) is 0 Å². The van der Waals surface area contributed by atoms with Crippen LogP contribution in [0.4, 0.5) is 19.0 Å². The first-order valence-electron chi connectivity index (χ1n) is 11.5. The molecule has 36 heavy (non-hydrogen) atoms. The van der Waals surface area contributed by atoms with Crippen molar-refractivity contribution in [2.24, 2.45) is 0 Å². The summed E-state index contributed by atoms with van der Waals surface area (Å²) in [5.41, 5.74) is 1.01. The summed E-state index contributed by atoms with van der Waals surface area (Å²) in [6.07, 6.45) is -4.87. The van der Waals surface area contributed by atoms with E-state index in [0.29, 0.717) is 24.2 Å². The van der Waals surface area contributed by atoms with Crippen LogP contribution in [0, 0.1) is 0 Å². The van der Waals surface area contributed by atoms with Gasteiger partial charge in [-0.2, -0.15) is 18.3 Å². The van der Waals surface area contributed by atoms with E-state index in [9.17, 15) is 22.8 Å². The molecule has 1 aromatic heterocycles. The molecule has 1 N–H and O–H groups in total. The van der Waals surface area contributed by atoms with Crippen LogP contribution in [-0.2, 0) is 0 Å². The maximum Gasteiger partial charge on any atom is 0.410 e. The zero-order valence-corrected chi connectivity index (χ0v) is 19.8. The Hall–Kier alpha value is -3.53. The van der Waals surface area contributed by atoms with Crippen LogP contribution >= 0.6 is 11.6 Å². The van der Waals surface area contributed by atoms with Gasteiger partial charge in [0.05, 0.1) is 6.04 Å². The smallest absolute Gasteiger partial charge is 0.362 e. The molecule has 2 unspecified atom stereocenters. The third-order valence-electron chi connectivity index (χ3n) is 6.57. The van der Waals surface area contributed by atoms with Crippen LogP contribution in [0.15, 0.2) is 60.7 Å². The summed E-state index contributed by atoms with van der Waals surface area (Å²) in [7, 11) is 0. The van der Waals surface area contributed by atoms with Crippen molar-refractivity contribution in [2.45, 2.75) is 24.7 Å². The number of hydrogen-bond acceptors (Lipinski definition) is 4. The second-order valence-electron chi connectivity index (χ2n) is 8.81. The fourth-order valence-corrected chi connectivity index (χ4v) is 4.92. The first-order chi connectivity index (χ1) is 17.2. The van der Waals surface area contributed by atoms with Crippen LogP contribution < -0.4 is 5.32 Å². The highest BCUT2D eigenvalue weighted by Gasteiger charge is 2.48. The second-order valence-corrected chi connectivity index (χ2v) is 9.18. The molecule has 11 heteroatoms. The van der Waals surface area contributed by atoms with Gasteiger partial charge in [0, 0.05) is 38.2 Å². The molecule has 3 aromatic rings. The van der Waals surface area contributed by atoms with Gasteiger partial charge >= 0.3 is 6.18 Å². The molecular weight excluding hydrogens is 495 g/mol. The predicted octanol–water partition coefficient (Wildman–Crippen LogP) is 4.80. The number of carbonyl (C=O) groups is 2. The van der Waals surface area contributed by atoms with Crippen LogP contribution in [0.1, 0.15) is 44.9 Å². The number of carbonyl (C=O) groups excluding carboxylic acids is 2. The highest BCUT2D eigenvalue weighted by atomic mass is 35.5. The van der Waals surface area contributed by atoms with Crippen molar-refractivity contribution in [1.29, 1.82) is 0 Å². The van der Waals surface area contributed by atoms with Crippen molar-refractivity contribution < 1.29 is 22.8 Å². The predicted molar refractivity (Wildman–Crippen MR) is 128 cm³/mol. The van der Waals surface area contributed by atoms with Crippen LogP contribution in [-0.4, -0.2) is 63.7 Å². The monoisotopic (exact) mass is 517 g/mol. The van der Waals surface area contributed by atoms with Crippen LogP contribution in [0.5, 0.6) is 0 Å². The Morgan fingerprint density at radius 3 is 2.03 bits per heavy atom. The molecule has 0 saturated carbocycles. The molecule has 3 heterocycles. The van der Waals surface area contributed by atoms with E-state index in [1.54, 1.807) is 59.5 Å². The van der Waals surface area contributed by atoms with Gasteiger partial charge < -0.3 is 15.1 Å². The Labute approximate surface area is 210 Å². The van der Waals surface area contributed by atoms with Gasteiger partial charge in [0.25, 0.3) is 11.8 Å². The first kappa shape index (κ1) is 24.2. The Morgan fingerprint density at radius 2 is 1.44 bits per heavy atom. The minimum Gasteiger partial charge on any atom is -0.362 e. The quantitative estimate of drug-likeness (QED) is 0.542. The molecule has 1 fully saturated rings.